The zero-order chi connectivity index (χ0) is 9.12. The number of aliphatic hydroxyl groups is 1. The molecule has 0 aliphatic carbocycles. The van der Waals surface area contributed by atoms with Crippen LogP contribution in [0.25, 0.3) is 0 Å². The molecule has 0 bridgehead atoms. The van der Waals surface area contributed by atoms with Gasteiger partial charge in [-0.25, -0.2) is 0 Å². The zero-order valence-electron chi connectivity index (χ0n) is 6.10. The first-order valence-corrected chi connectivity index (χ1v) is 4.74. The summed E-state index contributed by atoms with van der Waals surface area (Å²) in [6.45, 7) is 0. The van der Waals surface area contributed by atoms with Crippen LogP contribution < -0.4 is 0 Å². The summed E-state index contributed by atoms with van der Waals surface area (Å²) >= 11 is 0. The fourth-order valence-electron chi connectivity index (χ4n) is 0.534. The molecular weight excluding hydrogens is 181 g/mol. The van der Waals surface area contributed by atoms with Crippen LogP contribution in [0.3, 0.4) is 0 Å². The number of aliphatic hydroxyl groups excluding tert-OH is 1. The molecule has 0 aliphatic heterocycles. The Kier molecular flexibility index (Phi) is 3.49. The highest BCUT2D eigenvalue weighted by atomic mass is 28.4. The summed E-state index contributed by atoms with van der Waals surface area (Å²) in [6, 6.07) is 0. The number of rotatable bonds is 3. The largest absolute Gasteiger partial charge is 0.483 e. The average Bonchev–Trinajstić information content (AvgIpc) is 1.90. The third kappa shape index (κ3) is 1.92. The minimum Gasteiger partial charge on any atom is -0.394 e. The molecule has 0 aromatic rings. The number of hydrogen-bond donors (Lipinski definition) is 1. The van der Waals surface area contributed by atoms with Gasteiger partial charge >= 0.3 is 14.4 Å². The summed E-state index contributed by atoms with van der Waals surface area (Å²) in [5.41, 5.74) is 0. The van der Waals surface area contributed by atoms with E-state index in [-0.39, 0.29) is 0 Å². The van der Waals surface area contributed by atoms with E-state index >= 15 is 0 Å². The topological polar surface area (TPSA) is 38.7 Å². The van der Waals surface area contributed by atoms with Crippen LogP contribution in [-0.4, -0.2) is 39.9 Å². The molecule has 68 valence electrons. The third-order valence-corrected chi connectivity index (χ3v) is 3.90. The lowest BCUT2D eigenvalue weighted by Crippen LogP contribution is -2.58. The van der Waals surface area contributed by atoms with Gasteiger partial charge in [0.1, 0.15) is 0 Å². The van der Waals surface area contributed by atoms with Crippen molar-refractivity contribution in [1.29, 1.82) is 0 Å². The first-order valence-electron chi connectivity index (χ1n) is 2.71. The predicted molar refractivity (Wildman–Crippen MR) is 32.9 cm³/mol. The van der Waals surface area contributed by atoms with Gasteiger partial charge in [-0.3, -0.25) is 0 Å². The highest BCUT2D eigenvalue weighted by Crippen LogP contribution is 2.28. The highest BCUT2D eigenvalue weighted by Gasteiger charge is 2.61. The van der Waals surface area contributed by atoms with E-state index < -0.39 is 20.6 Å². The molecule has 0 heterocycles. The Labute approximate surface area is 63.0 Å². The van der Waals surface area contributed by atoms with Crippen molar-refractivity contribution in [3.8, 4) is 0 Å². The fraction of sp³-hybridized carbons (Fsp3) is 1.00. The summed E-state index contributed by atoms with van der Waals surface area (Å²) in [6.07, 6.45) is -1.12. The van der Waals surface area contributed by atoms with Crippen molar-refractivity contribution in [2.24, 2.45) is 0 Å². The second-order valence-corrected chi connectivity index (χ2v) is 5.02. The quantitative estimate of drug-likeness (QED) is 0.653. The molecule has 1 N–H and O–H groups in total. The van der Waals surface area contributed by atoms with Crippen LogP contribution in [0.5, 0.6) is 0 Å². The van der Waals surface area contributed by atoms with Gasteiger partial charge in [0, 0.05) is 14.2 Å². The fourth-order valence-corrected chi connectivity index (χ4v) is 1.60. The standard InChI is InChI=1S/C4H9F3O3Si/c1-9-11(3-8,10-2)4(5,6)7/h8H,3H2,1-2H3. The Balaban J connectivity index is 4.54. The van der Waals surface area contributed by atoms with Crippen molar-refractivity contribution in [3.63, 3.8) is 0 Å². The molecule has 0 saturated heterocycles. The van der Waals surface area contributed by atoms with Gasteiger partial charge in [0.05, 0.1) is 6.23 Å². The molecule has 0 amide bonds. The minimum atomic E-state index is -4.59. The summed E-state index contributed by atoms with van der Waals surface area (Å²) in [7, 11) is -2.61. The van der Waals surface area contributed by atoms with E-state index in [1.54, 1.807) is 0 Å². The maximum Gasteiger partial charge on any atom is 0.483 e. The van der Waals surface area contributed by atoms with Crippen molar-refractivity contribution >= 4 is 8.56 Å². The summed E-state index contributed by atoms with van der Waals surface area (Å²) in [5.74, 6) is -4.59. The molecule has 0 rings (SSSR count). The zero-order valence-corrected chi connectivity index (χ0v) is 7.10. The Hall–Kier alpha value is -0.113. The maximum atomic E-state index is 12.0. The van der Waals surface area contributed by atoms with Crippen LogP contribution in [0, 0.1) is 0 Å². The van der Waals surface area contributed by atoms with E-state index in [1.165, 1.54) is 0 Å². The van der Waals surface area contributed by atoms with Gasteiger partial charge in [-0.15, -0.1) is 0 Å². The third-order valence-electron chi connectivity index (χ3n) is 1.30. The molecule has 11 heavy (non-hydrogen) atoms. The molecule has 0 unspecified atom stereocenters. The Morgan fingerprint density at radius 1 is 1.27 bits per heavy atom. The Morgan fingerprint density at radius 3 is 1.64 bits per heavy atom. The van der Waals surface area contributed by atoms with Gasteiger partial charge in [-0.1, -0.05) is 0 Å². The Morgan fingerprint density at radius 2 is 1.64 bits per heavy atom. The molecule has 0 radical (unpaired) electrons. The van der Waals surface area contributed by atoms with E-state index in [0.29, 0.717) is 0 Å². The average molecular weight is 190 g/mol. The molecule has 3 nitrogen and oxygen atoms in total. The summed E-state index contributed by atoms with van der Waals surface area (Å²) in [5, 5.41) is 8.40. The minimum absolute atomic E-state index is 0.874. The lowest BCUT2D eigenvalue weighted by atomic mass is 11.5. The van der Waals surface area contributed by atoms with E-state index in [4.69, 9.17) is 5.11 Å². The molecule has 0 spiro atoms. The molecular formula is C4H9F3O3Si. The van der Waals surface area contributed by atoms with Gasteiger partial charge in [0.2, 0.25) is 0 Å². The second-order valence-electron chi connectivity index (χ2n) is 1.82. The van der Waals surface area contributed by atoms with Crippen molar-refractivity contribution in [2.75, 3.05) is 20.4 Å². The van der Waals surface area contributed by atoms with Crippen molar-refractivity contribution < 1.29 is 27.1 Å². The predicted octanol–water partition coefficient (Wildman–Crippen LogP) is 0.354. The number of hydrogen-bond acceptors (Lipinski definition) is 3. The monoisotopic (exact) mass is 190 g/mol. The molecule has 7 heteroatoms. The molecule has 0 saturated carbocycles. The van der Waals surface area contributed by atoms with Crippen LogP contribution in [0.4, 0.5) is 13.2 Å². The lowest BCUT2D eigenvalue weighted by Gasteiger charge is -2.26. The van der Waals surface area contributed by atoms with Crippen LogP contribution in [0.15, 0.2) is 0 Å². The number of alkyl halides is 3. The van der Waals surface area contributed by atoms with Crippen molar-refractivity contribution in [1.82, 2.24) is 0 Å². The first-order chi connectivity index (χ1) is 4.93. The van der Waals surface area contributed by atoms with Crippen molar-refractivity contribution in [2.45, 2.75) is 5.80 Å². The molecule has 0 atom stereocenters. The normalized spacial score (nSPS) is 13.6. The van der Waals surface area contributed by atoms with Gasteiger partial charge in [-0.05, 0) is 0 Å². The van der Waals surface area contributed by atoms with Gasteiger partial charge in [-0.2, -0.15) is 13.2 Å². The summed E-state index contributed by atoms with van der Waals surface area (Å²) < 4.78 is 44.4. The van der Waals surface area contributed by atoms with Crippen LogP contribution in [0.1, 0.15) is 0 Å². The van der Waals surface area contributed by atoms with Crippen LogP contribution in [-0.2, 0) is 8.85 Å². The molecule has 0 fully saturated rings. The SMILES string of the molecule is CO[Si](CO)(OC)C(F)(F)F. The van der Waals surface area contributed by atoms with Crippen molar-refractivity contribution in [3.05, 3.63) is 0 Å². The van der Waals surface area contributed by atoms with Crippen LogP contribution in [0.2, 0.25) is 0 Å². The highest BCUT2D eigenvalue weighted by molar-refractivity contribution is 6.69. The van der Waals surface area contributed by atoms with E-state index in [9.17, 15) is 13.2 Å². The van der Waals surface area contributed by atoms with Gasteiger partial charge in [0.15, 0.2) is 0 Å². The summed E-state index contributed by atoms with van der Waals surface area (Å²) in [4.78, 5) is 0. The molecule has 0 aliphatic rings. The second kappa shape index (κ2) is 3.52. The van der Waals surface area contributed by atoms with Gasteiger partial charge < -0.3 is 14.0 Å². The van der Waals surface area contributed by atoms with Crippen LogP contribution >= 0.6 is 0 Å². The molecule has 0 aromatic heterocycles. The van der Waals surface area contributed by atoms with E-state index in [0.717, 1.165) is 14.2 Å². The van der Waals surface area contributed by atoms with Gasteiger partial charge in [0.25, 0.3) is 0 Å². The first kappa shape index (κ1) is 10.9. The Bertz CT molecular complexity index is 114. The molecule has 0 aromatic carbocycles. The van der Waals surface area contributed by atoms with E-state index in [2.05, 4.69) is 8.85 Å². The van der Waals surface area contributed by atoms with E-state index in [1.807, 2.05) is 0 Å². The lowest BCUT2D eigenvalue weighted by molar-refractivity contribution is -0.0982. The maximum absolute atomic E-state index is 12.0. The number of halogens is 3. The smallest absolute Gasteiger partial charge is 0.394 e.